The largest absolute Gasteiger partial charge is 0.464 e. The summed E-state index contributed by atoms with van der Waals surface area (Å²) in [4.78, 5) is 25.2. The molecule has 20 heavy (non-hydrogen) atoms. The number of esters is 1. The van der Waals surface area contributed by atoms with Crippen LogP contribution in [0.5, 0.6) is 0 Å². The summed E-state index contributed by atoms with van der Waals surface area (Å²) in [6.45, 7) is 4.59. The summed E-state index contributed by atoms with van der Waals surface area (Å²) in [7, 11) is 1.76. The average molecular weight is 276 g/mol. The van der Waals surface area contributed by atoms with Crippen LogP contribution in [0.2, 0.25) is 0 Å². The maximum atomic E-state index is 12.0. The Kier molecular flexibility index (Phi) is 4.39. The van der Waals surface area contributed by atoms with E-state index in [0.29, 0.717) is 13.0 Å². The summed E-state index contributed by atoms with van der Waals surface area (Å²) in [5.41, 5.74) is 3.01. The molecule has 0 aromatic heterocycles. The van der Waals surface area contributed by atoms with Crippen molar-refractivity contribution in [1.82, 2.24) is 4.90 Å². The number of ether oxygens (including phenoxy) is 1. The summed E-state index contributed by atoms with van der Waals surface area (Å²) in [5.74, 6) is -0.368. The van der Waals surface area contributed by atoms with Crippen LogP contribution in [0, 0.1) is 13.8 Å². The third kappa shape index (κ3) is 3.17. The fourth-order valence-corrected chi connectivity index (χ4v) is 2.30. The van der Waals surface area contributed by atoms with Gasteiger partial charge in [-0.1, -0.05) is 12.1 Å². The lowest BCUT2D eigenvalue weighted by atomic mass is 10.1. The van der Waals surface area contributed by atoms with Crippen LogP contribution < -0.4 is 5.32 Å². The summed E-state index contributed by atoms with van der Waals surface area (Å²) in [6, 6.07) is 5.49. The first-order valence-electron chi connectivity index (χ1n) is 6.72. The number of hydrogen-bond acceptors (Lipinski definition) is 4. The van der Waals surface area contributed by atoms with Crippen molar-refractivity contribution in [3.63, 3.8) is 0 Å². The molecule has 2 rings (SSSR count). The van der Waals surface area contributed by atoms with Gasteiger partial charge in [-0.25, -0.2) is 0 Å². The van der Waals surface area contributed by atoms with E-state index in [2.05, 4.69) is 5.32 Å². The van der Waals surface area contributed by atoms with Crippen molar-refractivity contribution < 1.29 is 14.3 Å². The van der Waals surface area contributed by atoms with E-state index in [1.807, 2.05) is 32.0 Å². The molecule has 108 valence electrons. The second-order valence-electron chi connectivity index (χ2n) is 5.18. The van der Waals surface area contributed by atoms with Gasteiger partial charge >= 0.3 is 5.97 Å². The van der Waals surface area contributed by atoms with Gasteiger partial charge in [-0.3, -0.25) is 14.5 Å². The van der Waals surface area contributed by atoms with E-state index in [-0.39, 0.29) is 24.5 Å². The SMILES string of the molecule is Cc1cccc(NC(=O)CN(C)C2CCOC2=O)c1C. The lowest BCUT2D eigenvalue weighted by Crippen LogP contribution is -2.40. The van der Waals surface area contributed by atoms with E-state index in [1.165, 1.54) is 0 Å². The zero-order valence-electron chi connectivity index (χ0n) is 12.1. The molecule has 0 bridgehead atoms. The van der Waals surface area contributed by atoms with Gasteiger partial charge in [0.05, 0.1) is 13.2 Å². The zero-order valence-corrected chi connectivity index (χ0v) is 12.1. The topological polar surface area (TPSA) is 58.6 Å². The Bertz CT molecular complexity index is 528. The molecule has 1 aliphatic rings. The van der Waals surface area contributed by atoms with Crippen molar-refractivity contribution >= 4 is 17.6 Å². The molecule has 1 atom stereocenters. The molecule has 0 spiro atoms. The number of amides is 1. The fraction of sp³-hybridized carbons (Fsp3) is 0.467. The first-order chi connectivity index (χ1) is 9.49. The number of carbonyl (C=O) groups is 2. The Morgan fingerprint density at radius 2 is 2.20 bits per heavy atom. The number of cyclic esters (lactones) is 1. The summed E-state index contributed by atoms with van der Waals surface area (Å²) < 4.78 is 4.91. The number of nitrogens with one attached hydrogen (secondary N) is 1. The highest BCUT2D eigenvalue weighted by Crippen LogP contribution is 2.18. The molecule has 1 heterocycles. The minimum atomic E-state index is -0.306. The van der Waals surface area contributed by atoms with Crippen molar-refractivity contribution in [2.24, 2.45) is 0 Å². The van der Waals surface area contributed by atoms with Crippen molar-refractivity contribution in [2.75, 3.05) is 25.5 Å². The lowest BCUT2D eigenvalue weighted by molar-refractivity contribution is -0.142. The minimum Gasteiger partial charge on any atom is -0.464 e. The summed E-state index contributed by atoms with van der Waals surface area (Å²) >= 11 is 0. The number of anilines is 1. The molecule has 1 aromatic carbocycles. The van der Waals surface area contributed by atoms with Crippen LogP contribution in [0.25, 0.3) is 0 Å². The third-order valence-electron chi connectivity index (χ3n) is 3.71. The van der Waals surface area contributed by atoms with Gasteiger partial charge in [0.2, 0.25) is 5.91 Å². The highest BCUT2D eigenvalue weighted by Gasteiger charge is 2.31. The molecule has 5 heteroatoms. The Hall–Kier alpha value is -1.88. The van der Waals surface area contributed by atoms with Gasteiger partial charge in [-0.05, 0) is 38.1 Å². The minimum absolute atomic E-state index is 0.124. The van der Waals surface area contributed by atoms with Crippen LogP contribution in [0.3, 0.4) is 0 Å². The first-order valence-corrected chi connectivity index (χ1v) is 6.72. The number of benzene rings is 1. The van der Waals surface area contributed by atoms with Crippen molar-refractivity contribution in [1.29, 1.82) is 0 Å². The number of nitrogens with zero attached hydrogens (tertiary/aromatic N) is 1. The normalized spacial score (nSPS) is 18.2. The van der Waals surface area contributed by atoms with E-state index >= 15 is 0 Å². The predicted octanol–water partition coefficient (Wildman–Crippen LogP) is 1.49. The van der Waals surface area contributed by atoms with Crippen LogP contribution in [0.1, 0.15) is 17.5 Å². The van der Waals surface area contributed by atoms with Gasteiger partial charge < -0.3 is 10.1 Å². The maximum absolute atomic E-state index is 12.0. The van der Waals surface area contributed by atoms with E-state index in [1.54, 1.807) is 11.9 Å². The van der Waals surface area contributed by atoms with Crippen LogP contribution >= 0.6 is 0 Å². The fourth-order valence-electron chi connectivity index (χ4n) is 2.30. The van der Waals surface area contributed by atoms with Gasteiger partial charge in [0.1, 0.15) is 6.04 Å². The first kappa shape index (κ1) is 14.5. The molecule has 1 saturated heterocycles. The summed E-state index contributed by atoms with van der Waals surface area (Å²) in [6.07, 6.45) is 0.645. The molecule has 0 saturated carbocycles. The monoisotopic (exact) mass is 276 g/mol. The molecule has 1 aliphatic heterocycles. The van der Waals surface area contributed by atoms with Crippen molar-refractivity contribution in [2.45, 2.75) is 26.3 Å². The standard InChI is InChI=1S/C15H20N2O3/c1-10-5-4-6-12(11(10)2)16-14(18)9-17(3)13-7-8-20-15(13)19/h4-6,13H,7-9H2,1-3H3,(H,16,18). The number of aryl methyl sites for hydroxylation is 1. The number of hydrogen-bond donors (Lipinski definition) is 1. The Labute approximate surface area is 118 Å². The molecule has 0 radical (unpaired) electrons. The molecule has 1 aromatic rings. The predicted molar refractivity (Wildman–Crippen MR) is 76.5 cm³/mol. The van der Waals surface area contributed by atoms with Crippen LogP contribution in [-0.2, 0) is 14.3 Å². The molecular weight excluding hydrogens is 256 g/mol. The van der Waals surface area contributed by atoms with Gasteiger partial charge in [-0.15, -0.1) is 0 Å². The maximum Gasteiger partial charge on any atom is 0.323 e. The van der Waals surface area contributed by atoms with E-state index in [9.17, 15) is 9.59 Å². The highest BCUT2D eigenvalue weighted by molar-refractivity contribution is 5.93. The Morgan fingerprint density at radius 3 is 2.85 bits per heavy atom. The van der Waals surface area contributed by atoms with Gasteiger partial charge in [0, 0.05) is 12.1 Å². The smallest absolute Gasteiger partial charge is 0.323 e. The number of likely N-dealkylation sites (N-methyl/N-ethyl adjacent to an activating group) is 1. The van der Waals surface area contributed by atoms with E-state index < -0.39 is 0 Å². The Balaban J connectivity index is 1.95. The van der Waals surface area contributed by atoms with Gasteiger partial charge in [0.25, 0.3) is 0 Å². The van der Waals surface area contributed by atoms with Crippen molar-refractivity contribution in [3.8, 4) is 0 Å². The Morgan fingerprint density at radius 1 is 1.45 bits per heavy atom. The second-order valence-corrected chi connectivity index (χ2v) is 5.18. The third-order valence-corrected chi connectivity index (χ3v) is 3.71. The van der Waals surface area contributed by atoms with Crippen molar-refractivity contribution in [3.05, 3.63) is 29.3 Å². The number of carbonyl (C=O) groups excluding carboxylic acids is 2. The van der Waals surface area contributed by atoms with Gasteiger partial charge in [0.15, 0.2) is 0 Å². The highest BCUT2D eigenvalue weighted by atomic mass is 16.5. The molecule has 1 unspecified atom stereocenters. The quantitative estimate of drug-likeness (QED) is 0.846. The second kappa shape index (κ2) is 6.05. The van der Waals surface area contributed by atoms with Crippen LogP contribution in [0.15, 0.2) is 18.2 Å². The zero-order chi connectivity index (χ0) is 14.7. The average Bonchev–Trinajstić information content (AvgIpc) is 2.81. The summed E-state index contributed by atoms with van der Waals surface area (Å²) in [5, 5.41) is 2.89. The van der Waals surface area contributed by atoms with Crippen LogP contribution in [-0.4, -0.2) is 43.0 Å². The molecule has 1 fully saturated rings. The van der Waals surface area contributed by atoms with E-state index in [0.717, 1.165) is 16.8 Å². The molecule has 0 aliphatic carbocycles. The molecule has 5 nitrogen and oxygen atoms in total. The lowest BCUT2D eigenvalue weighted by Gasteiger charge is -2.20. The van der Waals surface area contributed by atoms with Gasteiger partial charge in [-0.2, -0.15) is 0 Å². The van der Waals surface area contributed by atoms with Crippen LogP contribution in [0.4, 0.5) is 5.69 Å². The molecular formula is C15H20N2O3. The van der Waals surface area contributed by atoms with E-state index in [4.69, 9.17) is 4.74 Å². The number of rotatable bonds is 4. The molecule has 1 N–H and O–H groups in total. The molecule has 1 amide bonds.